The minimum absolute atomic E-state index is 0.159. The Hall–Kier alpha value is -1.06. The van der Waals surface area contributed by atoms with Crippen molar-refractivity contribution in [3.8, 4) is 0 Å². The first-order valence-corrected chi connectivity index (χ1v) is 7.72. The first-order chi connectivity index (χ1) is 9.46. The molecule has 0 saturated carbocycles. The third-order valence-corrected chi connectivity index (χ3v) is 3.86. The molecule has 0 bridgehead atoms. The molecule has 20 heavy (non-hydrogen) atoms. The fourth-order valence-corrected chi connectivity index (χ4v) is 2.62. The number of likely N-dealkylation sites (N-methyl/N-ethyl adjacent to an activating group) is 1. The highest BCUT2D eigenvalue weighted by Gasteiger charge is 2.16. The Morgan fingerprint density at radius 3 is 2.55 bits per heavy atom. The summed E-state index contributed by atoms with van der Waals surface area (Å²) in [6, 6.07) is 8.82. The van der Waals surface area contributed by atoms with Gasteiger partial charge in [-0.2, -0.15) is 0 Å². The molecule has 1 aliphatic rings. The van der Waals surface area contributed by atoms with Gasteiger partial charge in [-0.15, -0.1) is 0 Å². The van der Waals surface area contributed by atoms with Crippen molar-refractivity contribution in [2.75, 3.05) is 38.1 Å². The third kappa shape index (κ3) is 4.50. The molecule has 1 saturated heterocycles. The van der Waals surface area contributed by atoms with E-state index in [1.165, 1.54) is 24.2 Å². The summed E-state index contributed by atoms with van der Waals surface area (Å²) in [4.78, 5) is 4.97. The number of benzene rings is 1. The summed E-state index contributed by atoms with van der Waals surface area (Å²) in [5.74, 6) is 0. The number of hydrogen-bond donors (Lipinski definition) is 1. The average molecular weight is 275 g/mol. The lowest BCUT2D eigenvalue weighted by Gasteiger charge is -2.27. The van der Waals surface area contributed by atoms with Gasteiger partial charge in [-0.3, -0.25) is 0 Å². The monoisotopic (exact) mass is 275 g/mol. The van der Waals surface area contributed by atoms with Crippen LogP contribution in [0.15, 0.2) is 24.3 Å². The molecular weight excluding hydrogens is 246 g/mol. The summed E-state index contributed by atoms with van der Waals surface area (Å²) in [5.41, 5.74) is 2.97. The van der Waals surface area contributed by atoms with Crippen LogP contribution in [-0.4, -0.2) is 43.7 Å². The third-order valence-electron chi connectivity index (χ3n) is 3.86. The highest BCUT2D eigenvalue weighted by atomic mass is 15.2. The van der Waals surface area contributed by atoms with E-state index in [1.807, 2.05) is 0 Å². The smallest absolute Gasteiger partial charge is 0.0412 e. The summed E-state index contributed by atoms with van der Waals surface area (Å²) in [6.07, 6.45) is 1.25. The summed E-state index contributed by atoms with van der Waals surface area (Å²) in [5, 5.41) is 3.60. The summed E-state index contributed by atoms with van der Waals surface area (Å²) in [6.45, 7) is 12.2. The highest BCUT2D eigenvalue weighted by Crippen LogP contribution is 2.22. The number of nitrogens with one attached hydrogen (secondary N) is 1. The van der Waals surface area contributed by atoms with E-state index < -0.39 is 0 Å². The van der Waals surface area contributed by atoms with Gasteiger partial charge in [-0.05, 0) is 52.4 Å². The van der Waals surface area contributed by atoms with Gasteiger partial charge in [0.1, 0.15) is 0 Å². The molecule has 0 radical (unpaired) electrons. The van der Waals surface area contributed by atoms with Gasteiger partial charge in [0.05, 0.1) is 0 Å². The maximum absolute atomic E-state index is 3.60. The second-order valence-electron chi connectivity index (χ2n) is 6.88. The zero-order valence-corrected chi connectivity index (χ0v) is 13.4. The van der Waals surface area contributed by atoms with Gasteiger partial charge in [0, 0.05) is 37.4 Å². The van der Waals surface area contributed by atoms with Crippen LogP contribution >= 0.6 is 0 Å². The summed E-state index contributed by atoms with van der Waals surface area (Å²) in [7, 11) is 2.22. The van der Waals surface area contributed by atoms with E-state index >= 15 is 0 Å². The van der Waals surface area contributed by atoms with Gasteiger partial charge in [0.15, 0.2) is 0 Å². The Morgan fingerprint density at radius 1 is 1.05 bits per heavy atom. The molecule has 1 heterocycles. The molecule has 1 aromatic carbocycles. The fourth-order valence-electron chi connectivity index (χ4n) is 2.62. The molecule has 0 spiro atoms. The van der Waals surface area contributed by atoms with Crippen LogP contribution in [0.3, 0.4) is 0 Å². The SMILES string of the molecule is CN1CCCN(c2ccccc2CNC(C)(C)C)CC1. The van der Waals surface area contributed by atoms with Crippen LogP contribution in [0.5, 0.6) is 0 Å². The topological polar surface area (TPSA) is 18.5 Å². The van der Waals surface area contributed by atoms with E-state index in [9.17, 15) is 0 Å². The van der Waals surface area contributed by atoms with Gasteiger partial charge in [0.2, 0.25) is 0 Å². The van der Waals surface area contributed by atoms with Gasteiger partial charge in [-0.25, -0.2) is 0 Å². The molecule has 3 heteroatoms. The Kier molecular flexibility index (Phi) is 5.06. The minimum atomic E-state index is 0.159. The lowest BCUT2D eigenvalue weighted by molar-refractivity contribution is 0.360. The molecule has 1 aliphatic heterocycles. The van der Waals surface area contributed by atoms with Crippen molar-refractivity contribution >= 4 is 5.69 Å². The highest BCUT2D eigenvalue weighted by molar-refractivity contribution is 5.53. The Morgan fingerprint density at radius 2 is 1.80 bits per heavy atom. The Balaban J connectivity index is 2.10. The van der Waals surface area contributed by atoms with Crippen molar-refractivity contribution in [2.24, 2.45) is 0 Å². The molecule has 1 aromatic rings. The quantitative estimate of drug-likeness (QED) is 0.915. The van der Waals surface area contributed by atoms with Crippen LogP contribution in [-0.2, 0) is 6.54 Å². The molecule has 1 fully saturated rings. The first-order valence-electron chi connectivity index (χ1n) is 7.72. The zero-order valence-electron chi connectivity index (χ0n) is 13.4. The number of anilines is 1. The second-order valence-corrected chi connectivity index (χ2v) is 6.88. The molecule has 0 aromatic heterocycles. The van der Waals surface area contributed by atoms with Crippen molar-refractivity contribution in [1.29, 1.82) is 0 Å². The maximum atomic E-state index is 3.60. The second kappa shape index (κ2) is 6.59. The van der Waals surface area contributed by atoms with Crippen LogP contribution < -0.4 is 10.2 Å². The lowest BCUT2D eigenvalue weighted by atomic mass is 10.1. The molecule has 2 rings (SSSR count). The molecule has 1 N–H and O–H groups in total. The van der Waals surface area contributed by atoms with E-state index in [-0.39, 0.29) is 5.54 Å². The molecule has 0 aliphatic carbocycles. The van der Waals surface area contributed by atoms with Crippen molar-refractivity contribution in [3.63, 3.8) is 0 Å². The van der Waals surface area contributed by atoms with E-state index in [0.717, 1.165) is 26.2 Å². The van der Waals surface area contributed by atoms with Crippen molar-refractivity contribution in [1.82, 2.24) is 10.2 Å². The van der Waals surface area contributed by atoms with Crippen LogP contribution in [0.1, 0.15) is 32.8 Å². The first kappa shape index (κ1) is 15.3. The zero-order chi connectivity index (χ0) is 14.6. The van der Waals surface area contributed by atoms with Crippen molar-refractivity contribution in [3.05, 3.63) is 29.8 Å². The number of rotatable bonds is 3. The van der Waals surface area contributed by atoms with E-state index in [2.05, 4.69) is 67.2 Å². The molecule has 3 nitrogen and oxygen atoms in total. The van der Waals surface area contributed by atoms with Crippen molar-refractivity contribution in [2.45, 2.75) is 39.3 Å². The van der Waals surface area contributed by atoms with E-state index in [0.29, 0.717) is 0 Å². The molecule has 0 amide bonds. The number of hydrogen-bond acceptors (Lipinski definition) is 3. The molecular formula is C17H29N3. The number of para-hydroxylation sites is 1. The van der Waals surface area contributed by atoms with Gasteiger partial charge >= 0.3 is 0 Å². The fraction of sp³-hybridized carbons (Fsp3) is 0.647. The van der Waals surface area contributed by atoms with Gasteiger partial charge in [0.25, 0.3) is 0 Å². The maximum Gasteiger partial charge on any atom is 0.0412 e. The van der Waals surface area contributed by atoms with Crippen LogP contribution in [0.2, 0.25) is 0 Å². The number of nitrogens with zero attached hydrogens (tertiary/aromatic N) is 2. The van der Waals surface area contributed by atoms with E-state index in [4.69, 9.17) is 0 Å². The van der Waals surface area contributed by atoms with Crippen LogP contribution in [0, 0.1) is 0 Å². The summed E-state index contributed by atoms with van der Waals surface area (Å²) >= 11 is 0. The van der Waals surface area contributed by atoms with Gasteiger partial charge in [-0.1, -0.05) is 18.2 Å². The predicted octanol–water partition coefficient (Wildman–Crippen LogP) is 2.72. The normalized spacial score (nSPS) is 18.1. The van der Waals surface area contributed by atoms with Gasteiger partial charge < -0.3 is 15.1 Å². The van der Waals surface area contributed by atoms with Crippen molar-refractivity contribution < 1.29 is 0 Å². The standard InChI is InChI=1S/C17H29N3/c1-17(2,3)18-14-15-8-5-6-9-16(15)20-11-7-10-19(4)12-13-20/h5-6,8-9,18H,7,10-14H2,1-4H3. The predicted molar refractivity (Wildman–Crippen MR) is 87.4 cm³/mol. The van der Waals surface area contributed by atoms with Crippen LogP contribution in [0.25, 0.3) is 0 Å². The Bertz CT molecular complexity index is 422. The van der Waals surface area contributed by atoms with E-state index in [1.54, 1.807) is 0 Å². The summed E-state index contributed by atoms with van der Waals surface area (Å²) < 4.78 is 0. The molecule has 0 unspecified atom stereocenters. The molecule has 112 valence electrons. The minimum Gasteiger partial charge on any atom is -0.370 e. The van der Waals surface area contributed by atoms with Crippen LogP contribution in [0.4, 0.5) is 5.69 Å². The molecule has 0 atom stereocenters. The average Bonchev–Trinajstić information content (AvgIpc) is 2.61. The lowest BCUT2D eigenvalue weighted by Crippen LogP contribution is -2.36. The largest absolute Gasteiger partial charge is 0.370 e. The Labute approximate surface area is 124 Å².